The van der Waals surface area contributed by atoms with Crippen molar-refractivity contribution in [1.82, 2.24) is 4.98 Å². The number of ether oxygens (including phenoxy) is 2. The maximum absolute atomic E-state index is 6.35. The van der Waals surface area contributed by atoms with Gasteiger partial charge in [0.15, 0.2) is 0 Å². The van der Waals surface area contributed by atoms with Crippen LogP contribution in [0.1, 0.15) is 11.1 Å². The molecule has 0 aliphatic heterocycles. The fraction of sp³-hybridized carbons (Fsp3) is 0.120. The van der Waals surface area contributed by atoms with Crippen LogP contribution in [-0.2, 0) is 0 Å². The second-order valence-corrected chi connectivity index (χ2v) is 7.97. The molecule has 0 aliphatic rings. The Balaban J connectivity index is 1.78. The molecule has 1 heterocycles. The van der Waals surface area contributed by atoms with Crippen molar-refractivity contribution < 1.29 is 9.47 Å². The zero-order chi connectivity index (χ0) is 21.8. The van der Waals surface area contributed by atoms with E-state index in [1.165, 1.54) is 16.9 Å². The SMILES string of the molecule is COc1ccc(/C(N)=N/c2sc(-c3ccc(OC)cc3)nc2-c2ccc(C)cc2)cc1. The molecule has 0 spiro atoms. The van der Waals surface area contributed by atoms with Gasteiger partial charge in [-0.05, 0) is 55.5 Å². The van der Waals surface area contributed by atoms with Gasteiger partial charge in [-0.3, -0.25) is 0 Å². The van der Waals surface area contributed by atoms with Gasteiger partial charge >= 0.3 is 0 Å². The fourth-order valence-corrected chi connectivity index (χ4v) is 4.06. The summed E-state index contributed by atoms with van der Waals surface area (Å²) in [5.41, 5.74) is 11.2. The second-order valence-electron chi connectivity index (χ2n) is 6.99. The molecule has 0 radical (unpaired) electrons. The number of hydrogen-bond donors (Lipinski definition) is 1. The van der Waals surface area contributed by atoms with Crippen LogP contribution in [0.4, 0.5) is 5.00 Å². The lowest BCUT2D eigenvalue weighted by Crippen LogP contribution is -2.12. The van der Waals surface area contributed by atoms with Gasteiger partial charge in [0.25, 0.3) is 0 Å². The molecule has 5 nitrogen and oxygen atoms in total. The van der Waals surface area contributed by atoms with E-state index < -0.39 is 0 Å². The molecule has 0 fully saturated rings. The van der Waals surface area contributed by atoms with Crippen molar-refractivity contribution in [3.8, 4) is 33.3 Å². The van der Waals surface area contributed by atoms with Crippen LogP contribution in [0.2, 0.25) is 0 Å². The predicted molar refractivity (Wildman–Crippen MR) is 128 cm³/mol. The summed E-state index contributed by atoms with van der Waals surface area (Å²) in [6, 6.07) is 23.6. The summed E-state index contributed by atoms with van der Waals surface area (Å²) in [6.07, 6.45) is 0. The third-order valence-electron chi connectivity index (χ3n) is 4.88. The van der Waals surface area contributed by atoms with Crippen LogP contribution in [0.25, 0.3) is 21.8 Å². The van der Waals surface area contributed by atoms with Gasteiger partial charge in [0.2, 0.25) is 0 Å². The highest BCUT2D eigenvalue weighted by atomic mass is 32.1. The molecule has 2 N–H and O–H groups in total. The molecule has 4 aromatic rings. The van der Waals surface area contributed by atoms with Gasteiger partial charge in [-0.15, -0.1) is 0 Å². The average Bonchev–Trinajstić information content (AvgIpc) is 3.23. The minimum absolute atomic E-state index is 0.431. The third-order valence-corrected chi connectivity index (χ3v) is 5.88. The van der Waals surface area contributed by atoms with Crippen molar-refractivity contribution in [2.45, 2.75) is 6.92 Å². The molecule has 0 atom stereocenters. The van der Waals surface area contributed by atoms with Crippen molar-refractivity contribution in [3.05, 3.63) is 83.9 Å². The maximum Gasteiger partial charge on any atom is 0.146 e. The van der Waals surface area contributed by atoms with Gasteiger partial charge in [0.05, 0.1) is 14.2 Å². The molecule has 0 saturated heterocycles. The monoisotopic (exact) mass is 429 g/mol. The quantitative estimate of drug-likeness (QED) is 0.309. The normalized spacial score (nSPS) is 11.4. The number of thiazole rings is 1. The Bertz CT molecular complexity index is 1200. The molecule has 0 bridgehead atoms. The lowest BCUT2D eigenvalue weighted by molar-refractivity contribution is 0.414. The predicted octanol–water partition coefficient (Wildman–Crippen LogP) is 5.84. The minimum atomic E-state index is 0.431. The van der Waals surface area contributed by atoms with E-state index in [0.29, 0.717) is 5.84 Å². The molecule has 1 aromatic heterocycles. The standard InChI is InChI=1S/C25H23N3O2S/c1-16-4-6-17(7-5-16)22-25(28-23(26)18-8-12-20(29-2)13-9-18)31-24(27-22)19-10-14-21(30-3)15-11-19/h4-15H,1-3H3,(H2,26,28). The Hall–Kier alpha value is -3.64. The first-order valence-corrected chi connectivity index (χ1v) is 10.6. The number of methoxy groups -OCH3 is 2. The molecule has 6 heteroatoms. The molecule has 0 unspecified atom stereocenters. The topological polar surface area (TPSA) is 69.7 Å². The highest BCUT2D eigenvalue weighted by Crippen LogP contribution is 2.40. The van der Waals surface area contributed by atoms with Crippen LogP contribution >= 0.6 is 11.3 Å². The number of rotatable bonds is 6. The van der Waals surface area contributed by atoms with E-state index in [-0.39, 0.29) is 0 Å². The summed E-state index contributed by atoms with van der Waals surface area (Å²) in [6.45, 7) is 2.06. The van der Waals surface area contributed by atoms with Gasteiger partial charge in [0.1, 0.15) is 33.0 Å². The van der Waals surface area contributed by atoms with Crippen molar-refractivity contribution in [3.63, 3.8) is 0 Å². The van der Waals surface area contributed by atoms with Crippen molar-refractivity contribution >= 4 is 22.2 Å². The van der Waals surface area contributed by atoms with E-state index in [4.69, 9.17) is 25.2 Å². The summed E-state index contributed by atoms with van der Waals surface area (Å²) in [5.74, 6) is 2.01. The van der Waals surface area contributed by atoms with Gasteiger partial charge in [-0.2, -0.15) is 0 Å². The van der Waals surface area contributed by atoms with E-state index in [9.17, 15) is 0 Å². The Labute approximate surface area is 185 Å². The zero-order valence-corrected chi connectivity index (χ0v) is 18.4. The van der Waals surface area contributed by atoms with Crippen LogP contribution in [0.3, 0.4) is 0 Å². The molecular formula is C25H23N3O2S. The summed E-state index contributed by atoms with van der Waals surface area (Å²) in [4.78, 5) is 9.65. The molecule has 0 saturated carbocycles. The smallest absolute Gasteiger partial charge is 0.146 e. The summed E-state index contributed by atoms with van der Waals surface area (Å²) in [7, 11) is 3.29. The second kappa shape index (κ2) is 9.02. The highest BCUT2D eigenvalue weighted by Gasteiger charge is 2.15. The molecule has 0 amide bonds. The van der Waals surface area contributed by atoms with Crippen LogP contribution in [0.15, 0.2) is 77.8 Å². The zero-order valence-electron chi connectivity index (χ0n) is 17.6. The first-order chi connectivity index (χ1) is 15.1. The van der Waals surface area contributed by atoms with Crippen LogP contribution < -0.4 is 15.2 Å². The molecule has 3 aromatic carbocycles. The number of hydrogen-bond acceptors (Lipinski definition) is 5. The van der Waals surface area contributed by atoms with E-state index in [1.54, 1.807) is 14.2 Å². The molecule has 0 aliphatic carbocycles. The average molecular weight is 430 g/mol. The van der Waals surface area contributed by atoms with Crippen LogP contribution in [0.5, 0.6) is 11.5 Å². The van der Waals surface area contributed by atoms with Gasteiger partial charge in [-0.25, -0.2) is 9.98 Å². The number of nitrogens with two attached hydrogens (primary N) is 1. The highest BCUT2D eigenvalue weighted by molar-refractivity contribution is 7.19. The first-order valence-electron chi connectivity index (χ1n) is 9.78. The van der Waals surface area contributed by atoms with Gasteiger partial charge in [0, 0.05) is 16.7 Å². The third kappa shape index (κ3) is 4.59. The largest absolute Gasteiger partial charge is 0.497 e. The van der Waals surface area contributed by atoms with Crippen LogP contribution in [0, 0.1) is 6.92 Å². The van der Waals surface area contributed by atoms with Crippen molar-refractivity contribution in [1.29, 1.82) is 0 Å². The minimum Gasteiger partial charge on any atom is -0.497 e. The molecule has 4 rings (SSSR count). The molecule has 31 heavy (non-hydrogen) atoms. The number of amidine groups is 1. The van der Waals surface area contributed by atoms with E-state index >= 15 is 0 Å². The Morgan fingerprint density at radius 2 is 1.35 bits per heavy atom. The molecular weight excluding hydrogens is 406 g/mol. The van der Waals surface area contributed by atoms with Crippen molar-refractivity contribution in [2.24, 2.45) is 10.7 Å². The first kappa shape index (κ1) is 20.6. The Morgan fingerprint density at radius 3 is 1.94 bits per heavy atom. The van der Waals surface area contributed by atoms with Gasteiger partial charge in [-0.1, -0.05) is 41.2 Å². The van der Waals surface area contributed by atoms with Gasteiger partial charge < -0.3 is 15.2 Å². The number of nitrogens with zero attached hydrogens (tertiary/aromatic N) is 2. The Kier molecular flexibility index (Phi) is 6.00. The van der Waals surface area contributed by atoms with Crippen LogP contribution in [-0.4, -0.2) is 25.0 Å². The number of aryl methyl sites for hydroxylation is 1. The van der Waals surface area contributed by atoms with E-state index in [1.807, 2.05) is 48.5 Å². The van der Waals surface area contributed by atoms with E-state index in [0.717, 1.165) is 43.9 Å². The lowest BCUT2D eigenvalue weighted by Gasteiger charge is -2.04. The summed E-state index contributed by atoms with van der Waals surface area (Å²) < 4.78 is 10.5. The fourth-order valence-electron chi connectivity index (χ4n) is 3.08. The number of benzene rings is 3. The molecule has 156 valence electrons. The Morgan fingerprint density at radius 1 is 0.806 bits per heavy atom. The number of aromatic nitrogens is 1. The summed E-state index contributed by atoms with van der Waals surface area (Å²) >= 11 is 1.51. The van der Waals surface area contributed by atoms with E-state index in [2.05, 4.69) is 31.2 Å². The summed E-state index contributed by atoms with van der Waals surface area (Å²) in [5, 5.41) is 1.64. The lowest BCUT2D eigenvalue weighted by atomic mass is 10.1. The van der Waals surface area contributed by atoms with Crippen molar-refractivity contribution in [2.75, 3.05) is 14.2 Å². The maximum atomic E-state index is 6.35. The number of aliphatic imine (C=N–C) groups is 1.